The summed E-state index contributed by atoms with van der Waals surface area (Å²) >= 11 is 1.33. The minimum absolute atomic E-state index is 0.144. The summed E-state index contributed by atoms with van der Waals surface area (Å²) in [6.45, 7) is 5.67. The number of aromatic nitrogens is 4. The molecule has 3 heterocycles. The Morgan fingerprint density at radius 2 is 2.03 bits per heavy atom. The van der Waals surface area contributed by atoms with E-state index in [0.717, 1.165) is 48.2 Å². The monoisotopic (exact) mass is 529 g/mol. The van der Waals surface area contributed by atoms with Crippen LogP contribution in [0.25, 0.3) is 10.9 Å². The van der Waals surface area contributed by atoms with Crippen molar-refractivity contribution in [3.05, 3.63) is 34.7 Å². The average Bonchev–Trinajstić information content (AvgIpc) is 3.47. The molecule has 0 bridgehead atoms. The first-order chi connectivity index (χ1) is 17.1. The number of hydrogen-bond donors (Lipinski definition) is 3. The fraction of sp³-hybridized carbons (Fsp3) is 0.560. The summed E-state index contributed by atoms with van der Waals surface area (Å²) in [5.41, 5.74) is 7.38. The predicted octanol–water partition coefficient (Wildman–Crippen LogP) is 3.57. The molecule has 0 radical (unpaired) electrons. The Morgan fingerprint density at radius 3 is 2.75 bits per heavy atom. The zero-order chi connectivity index (χ0) is 25.7. The predicted molar refractivity (Wildman–Crippen MR) is 146 cm³/mol. The smallest absolute Gasteiger partial charge is 0.270 e. The number of nitrogens with one attached hydrogen (secondary N) is 1. The van der Waals surface area contributed by atoms with Crippen LogP contribution in [0.1, 0.15) is 52.4 Å². The third-order valence-corrected chi connectivity index (χ3v) is 10.7. The van der Waals surface area contributed by atoms with Gasteiger partial charge in [-0.3, -0.25) is 19.6 Å². The molecule has 1 spiro atoms. The van der Waals surface area contributed by atoms with E-state index in [1.54, 1.807) is 17.8 Å². The van der Waals surface area contributed by atoms with E-state index in [0.29, 0.717) is 16.8 Å². The maximum Gasteiger partial charge on any atom is 0.270 e. The highest BCUT2D eigenvalue weighted by Gasteiger charge is 2.47. The summed E-state index contributed by atoms with van der Waals surface area (Å²) in [7, 11) is 0.432. The van der Waals surface area contributed by atoms with Gasteiger partial charge in [0.05, 0.1) is 27.4 Å². The first-order valence-electron chi connectivity index (χ1n) is 12.5. The summed E-state index contributed by atoms with van der Waals surface area (Å²) in [5, 5.41) is 13.8. The molecule has 1 aromatic carbocycles. The van der Waals surface area contributed by atoms with Gasteiger partial charge in [0.25, 0.3) is 5.56 Å². The number of hydrogen-bond acceptors (Lipinski definition) is 7. The highest BCUT2D eigenvalue weighted by molar-refractivity contribution is 7.99. The van der Waals surface area contributed by atoms with Crippen molar-refractivity contribution in [1.82, 2.24) is 19.7 Å². The van der Waals surface area contributed by atoms with Crippen molar-refractivity contribution in [2.75, 3.05) is 23.7 Å². The quantitative estimate of drug-likeness (QED) is 0.444. The van der Waals surface area contributed by atoms with Gasteiger partial charge in [-0.1, -0.05) is 24.2 Å². The lowest BCUT2D eigenvalue weighted by Crippen LogP contribution is -2.46. The number of nitrogen functional groups attached to an aromatic ring is 1. The molecule has 1 aliphatic carbocycles. The van der Waals surface area contributed by atoms with Gasteiger partial charge >= 0.3 is 0 Å². The minimum atomic E-state index is -1.34. The van der Waals surface area contributed by atoms with E-state index in [1.165, 1.54) is 31.0 Å². The molecule has 1 saturated carbocycles. The first-order valence-corrected chi connectivity index (χ1v) is 14.5. The maximum absolute atomic E-state index is 13.4. The molecular weight excluding hydrogens is 494 g/mol. The molecule has 11 heteroatoms. The largest absolute Gasteiger partial charge is 0.382 e. The second kappa shape index (κ2) is 9.50. The number of nitrogens with two attached hydrogens (primary N) is 2. The van der Waals surface area contributed by atoms with Crippen molar-refractivity contribution in [2.24, 2.45) is 23.5 Å². The lowest BCUT2D eigenvalue weighted by Gasteiger charge is -2.45. The molecule has 1 saturated heterocycles. The average molecular weight is 530 g/mol. The fourth-order valence-electron chi connectivity index (χ4n) is 6.12. The molecule has 2 atom stereocenters. The van der Waals surface area contributed by atoms with Gasteiger partial charge in [-0.15, -0.1) is 0 Å². The zero-order valence-corrected chi connectivity index (χ0v) is 22.8. The topological polar surface area (TPSA) is 136 Å². The van der Waals surface area contributed by atoms with Crippen LogP contribution < -0.4 is 21.3 Å². The maximum atomic E-state index is 13.4. The standard InChI is InChI=1S/C25H35N7O2S2/c1-24(2,36(27)34)14-16-6-5-9-25(16)10-12-32(13-11-25)23-29-21(26)20(22(33)31(23)3)35-19-8-4-7-18-17(19)15-28-30-18/h4,7-8,15-16H,5-6,9-14,26-27H2,1-3H3,(H,28,30)/t16-,36?/m1/s1. The van der Waals surface area contributed by atoms with E-state index in [2.05, 4.69) is 15.1 Å². The molecule has 194 valence electrons. The van der Waals surface area contributed by atoms with Crippen LogP contribution in [-0.2, 0) is 18.0 Å². The number of H-pyrrole nitrogens is 1. The third-order valence-electron chi connectivity index (χ3n) is 8.33. The number of rotatable bonds is 6. The molecule has 5 N–H and O–H groups in total. The lowest BCUT2D eigenvalue weighted by atomic mass is 9.68. The van der Waals surface area contributed by atoms with E-state index >= 15 is 0 Å². The SMILES string of the molecule is Cn1c(N2CCC3(CCC[C@@H]3CC(C)(C)S(N)=O)CC2)nc(N)c(Sc2cccc3[nH]ncc23)c1=O. The third kappa shape index (κ3) is 4.45. The Hall–Kier alpha value is -2.37. The van der Waals surface area contributed by atoms with Crippen LogP contribution in [0, 0.1) is 11.3 Å². The van der Waals surface area contributed by atoms with Crippen molar-refractivity contribution in [3.63, 3.8) is 0 Å². The summed E-state index contributed by atoms with van der Waals surface area (Å²) in [5.74, 6) is 1.40. The normalized spacial score (nSPS) is 20.9. The van der Waals surface area contributed by atoms with Gasteiger partial charge < -0.3 is 10.6 Å². The molecule has 0 amide bonds. The van der Waals surface area contributed by atoms with Crippen LogP contribution in [-0.4, -0.2) is 41.8 Å². The number of piperidine rings is 1. The number of anilines is 2. The number of aromatic amines is 1. The molecule has 2 aliphatic rings. The second-order valence-electron chi connectivity index (χ2n) is 10.9. The molecule has 9 nitrogen and oxygen atoms in total. The molecular formula is C25H35N7O2S2. The number of benzene rings is 1. The Labute approximate surface area is 218 Å². The Kier molecular flexibility index (Phi) is 6.67. The minimum Gasteiger partial charge on any atom is -0.382 e. The summed E-state index contributed by atoms with van der Waals surface area (Å²) in [4.78, 5) is 21.6. The first kappa shape index (κ1) is 25.3. The van der Waals surface area contributed by atoms with Gasteiger partial charge in [0.1, 0.15) is 10.7 Å². The van der Waals surface area contributed by atoms with Crippen LogP contribution in [0.2, 0.25) is 0 Å². The molecule has 2 fully saturated rings. The van der Waals surface area contributed by atoms with Crippen LogP contribution >= 0.6 is 11.8 Å². The molecule has 5 rings (SSSR count). The highest BCUT2D eigenvalue weighted by Crippen LogP contribution is 2.53. The van der Waals surface area contributed by atoms with Crippen molar-refractivity contribution < 1.29 is 4.21 Å². The molecule has 36 heavy (non-hydrogen) atoms. The molecule has 1 unspecified atom stereocenters. The van der Waals surface area contributed by atoms with Crippen LogP contribution in [0.3, 0.4) is 0 Å². The second-order valence-corrected chi connectivity index (χ2v) is 13.6. The van der Waals surface area contributed by atoms with E-state index < -0.39 is 11.0 Å². The van der Waals surface area contributed by atoms with Gasteiger partial charge in [-0.05, 0) is 69.4 Å². The Balaban J connectivity index is 1.35. The van der Waals surface area contributed by atoms with Crippen molar-refractivity contribution in [1.29, 1.82) is 0 Å². The van der Waals surface area contributed by atoms with Crippen molar-refractivity contribution in [2.45, 2.75) is 66.9 Å². The van der Waals surface area contributed by atoms with E-state index in [9.17, 15) is 9.00 Å². The molecule has 1 aliphatic heterocycles. The lowest BCUT2D eigenvalue weighted by molar-refractivity contribution is 0.133. The van der Waals surface area contributed by atoms with Crippen LogP contribution in [0.15, 0.2) is 39.0 Å². The number of nitrogens with zero attached hydrogens (tertiary/aromatic N) is 4. The van der Waals surface area contributed by atoms with Crippen molar-refractivity contribution in [3.8, 4) is 0 Å². The summed E-state index contributed by atoms with van der Waals surface area (Å²) in [6, 6.07) is 5.83. The number of fused-ring (bicyclic) bond motifs is 1. The van der Waals surface area contributed by atoms with Gasteiger partial charge in [0.2, 0.25) is 5.95 Å². The van der Waals surface area contributed by atoms with Gasteiger partial charge in [-0.2, -0.15) is 10.1 Å². The molecule has 2 aromatic heterocycles. The van der Waals surface area contributed by atoms with Gasteiger partial charge in [-0.25, -0.2) is 4.21 Å². The fourth-order valence-corrected chi connectivity index (χ4v) is 7.50. The zero-order valence-electron chi connectivity index (χ0n) is 21.1. The van der Waals surface area contributed by atoms with E-state index in [4.69, 9.17) is 15.9 Å². The molecule has 3 aromatic rings. The van der Waals surface area contributed by atoms with Gasteiger partial charge in [0, 0.05) is 30.4 Å². The van der Waals surface area contributed by atoms with Crippen LogP contribution in [0.5, 0.6) is 0 Å². The Morgan fingerprint density at radius 1 is 1.28 bits per heavy atom. The van der Waals surface area contributed by atoms with Crippen molar-refractivity contribution >= 4 is 45.4 Å². The van der Waals surface area contributed by atoms with Gasteiger partial charge in [0.15, 0.2) is 0 Å². The summed E-state index contributed by atoms with van der Waals surface area (Å²) < 4.78 is 13.3. The highest BCUT2D eigenvalue weighted by atomic mass is 32.2. The Bertz CT molecular complexity index is 1360. The van der Waals surface area contributed by atoms with E-state index in [1.807, 2.05) is 32.0 Å². The van der Waals surface area contributed by atoms with Crippen LogP contribution in [0.4, 0.5) is 11.8 Å². The van der Waals surface area contributed by atoms with E-state index in [-0.39, 0.29) is 21.5 Å². The summed E-state index contributed by atoms with van der Waals surface area (Å²) in [6.07, 6.45) is 8.26.